The molecule has 0 amide bonds. The molecule has 0 aliphatic heterocycles. The molecule has 0 aliphatic carbocycles. The van der Waals surface area contributed by atoms with Crippen molar-refractivity contribution in [1.82, 2.24) is 0 Å². The Hall–Kier alpha value is -1.88. The van der Waals surface area contributed by atoms with Gasteiger partial charge in [-0.3, -0.25) is 0 Å². The number of benzene rings is 2. The summed E-state index contributed by atoms with van der Waals surface area (Å²) in [6, 6.07) is 6.89. The predicted molar refractivity (Wildman–Crippen MR) is 70.6 cm³/mol. The molecular weight excluding hydrogens is 284 g/mol. The monoisotopic (exact) mass is 298 g/mol. The number of halogens is 4. The van der Waals surface area contributed by atoms with Crippen molar-refractivity contribution in [3.05, 3.63) is 70.8 Å². The molecule has 2 aromatic rings. The third-order valence-corrected chi connectivity index (χ3v) is 3.22. The standard InChI is InChI=1S/C16H14F4O/c1-9(15-11(17)5-3-6-12(15)18)21-10(2)16-13(19)7-4-8-14(16)20/h3-10H,1-2H3. The van der Waals surface area contributed by atoms with Gasteiger partial charge in [0.05, 0.1) is 23.3 Å². The Kier molecular flexibility index (Phi) is 4.63. The minimum Gasteiger partial charge on any atom is -0.366 e. The lowest BCUT2D eigenvalue weighted by Gasteiger charge is -2.21. The highest BCUT2D eigenvalue weighted by Gasteiger charge is 2.23. The molecular formula is C16H14F4O. The van der Waals surface area contributed by atoms with E-state index in [1.54, 1.807) is 0 Å². The van der Waals surface area contributed by atoms with Gasteiger partial charge in [0.25, 0.3) is 0 Å². The Balaban J connectivity index is 2.25. The molecule has 112 valence electrons. The lowest BCUT2D eigenvalue weighted by Crippen LogP contribution is -2.11. The van der Waals surface area contributed by atoms with Crippen LogP contribution < -0.4 is 0 Å². The summed E-state index contributed by atoms with van der Waals surface area (Å²) in [5.41, 5.74) is -0.526. The third kappa shape index (κ3) is 3.24. The van der Waals surface area contributed by atoms with Crippen molar-refractivity contribution >= 4 is 0 Å². The zero-order valence-corrected chi connectivity index (χ0v) is 11.5. The zero-order chi connectivity index (χ0) is 15.6. The van der Waals surface area contributed by atoms with Gasteiger partial charge >= 0.3 is 0 Å². The molecule has 1 nitrogen and oxygen atoms in total. The first-order chi connectivity index (χ1) is 9.91. The van der Waals surface area contributed by atoms with Gasteiger partial charge in [-0.2, -0.15) is 0 Å². The molecule has 0 spiro atoms. The van der Waals surface area contributed by atoms with E-state index in [0.717, 1.165) is 24.3 Å². The molecule has 0 fully saturated rings. The van der Waals surface area contributed by atoms with E-state index in [9.17, 15) is 17.6 Å². The summed E-state index contributed by atoms with van der Waals surface area (Å²) < 4.78 is 60.0. The second-order valence-electron chi connectivity index (χ2n) is 4.69. The van der Waals surface area contributed by atoms with Crippen molar-refractivity contribution in [3.63, 3.8) is 0 Å². The maximum Gasteiger partial charge on any atom is 0.131 e. The molecule has 0 bridgehead atoms. The molecule has 0 aromatic heterocycles. The summed E-state index contributed by atoms with van der Waals surface area (Å²) in [4.78, 5) is 0. The van der Waals surface area contributed by atoms with Crippen molar-refractivity contribution < 1.29 is 22.3 Å². The fourth-order valence-corrected chi connectivity index (χ4v) is 2.24. The topological polar surface area (TPSA) is 9.23 Å². The van der Waals surface area contributed by atoms with E-state index in [4.69, 9.17) is 4.74 Å². The van der Waals surface area contributed by atoms with Gasteiger partial charge in [0.2, 0.25) is 0 Å². The average molecular weight is 298 g/mol. The Morgan fingerprint density at radius 1 is 0.667 bits per heavy atom. The van der Waals surface area contributed by atoms with Crippen LogP contribution in [0.1, 0.15) is 37.2 Å². The highest BCUT2D eigenvalue weighted by Crippen LogP contribution is 2.31. The average Bonchev–Trinajstić information content (AvgIpc) is 2.38. The lowest BCUT2D eigenvalue weighted by atomic mass is 10.1. The summed E-state index contributed by atoms with van der Waals surface area (Å²) in [6.07, 6.45) is -1.97. The largest absolute Gasteiger partial charge is 0.366 e. The predicted octanol–water partition coefficient (Wildman–Crippen LogP) is 5.08. The van der Waals surface area contributed by atoms with Gasteiger partial charge in [-0.25, -0.2) is 17.6 Å². The first kappa shape index (κ1) is 15.5. The van der Waals surface area contributed by atoms with E-state index in [1.165, 1.54) is 26.0 Å². The van der Waals surface area contributed by atoms with Gasteiger partial charge in [0.1, 0.15) is 23.3 Å². The van der Waals surface area contributed by atoms with Crippen LogP contribution in [0.3, 0.4) is 0 Å². The van der Waals surface area contributed by atoms with E-state index in [0.29, 0.717) is 0 Å². The number of hydrogen-bond donors (Lipinski definition) is 0. The van der Waals surface area contributed by atoms with Crippen LogP contribution in [0.25, 0.3) is 0 Å². The summed E-state index contributed by atoms with van der Waals surface area (Å²) in [5, 5.41) is 0. The Morgan fingerprint density at radius 2 is 0.952 bits per heavy atom. The van der Waals surface area contributed by atoms with Crippen LogP contribution >= 0.6 is 0 Å². The maximum absolute atomic E-state index is 13.6. The highest BCUT2D eigenvalue weighted by molar-refractivity contribution is 5.24. The summed E-state index contributed by atoms with van der Waals surface area (Å²) in [5.74, 6) is -3.04. The van der Waals surface area contributed by atoms with Gasteiger partial charge < -0.3 is 4.74 Å². The lowest BCUT2D eigenvalue weighted by molar-refractivity contribution is -0.00144. The molecule has 0 saturated carbocycles. The molecule has 0 radical (unpaired) electrons. The van der Waals surface area contributed by atoms with Crippen molar-refractivity contribution in [2.45, 2.75) is 26.1 Å². The quantitative estimate of drug-likeness (QED) is 0.715. The van der Waals surface area contributed by atoms with Crippen molar-refractivity contribution in [3.8, 4) is 0 Å². The van der Waals surface area contributed by atoms with Crippen LogP contribution in [0.15, 0.2) is 36.4 Å². The third-order valence-electron chi connectivity index (χ3n) is 3.22. The van der Waals surface area contributed by atoms with Gasteiger partial charge in [0, 0.05) is 0 Å². The van der Waals surface area contributed by atoms with Crippen LogP contribution in [0.2, 0.25) is 0 Å². The normalized spacial score (nSPS) is 14.0. The molecule has 2 aromatic carbocycles. The number of rotatable bonds is 4. The minimum absolute atomic E-state index is 0.263. The van der Waals surface area contributed by atoms with Gasteiger partial charge in [0.15, 0.2) is 0 Å². The van der Waals surface area contributed by atoms with Crippen LogP contribution in [0, 0.1) is 23.3 Å². The van der Waals surface area contributed by atoms with Crippen LogP contribution in [-0.2, 0) is 4.74 Å². The van der Waals surface area contributed by atoms with Crippen LogP contribution in [0.5, 0.6) is 0 Å². The number of ether oxygens (including phenoxy) is 1. The second kappa shape index (κ2) is 6.26. The molecule has 0 saturated heterocycles. The minimum atomic E-state index is -0.986. The molecule has 5 heteroatoms. The number of hydrogen-bond acceptors (Lipinski definition) is 1. The molecule has 21 heavy (non-hydrogen) atoms. The van der Waals surface area contributed by atoms with Gasteiger partial charge in [-0.15, -0.1) is 0 Å². The van der Waals surface area contributed by atoms with Crippen LogP contribution in [-0.4, -0.2) is 0 Å². The maximum atomic E-state index is 13.6. The Morgan fingerprint density at radius 3 is 1.24 bits per heavy atom. The summed E-state index contributed by atoms with van der Waals surface area (Å²) in [7, 11) is 0. The first-order valence-electron chi connectivity index (χ1n) is 6.45. The van der Waals surface area contributed by atoms with E-state index < -0.39 is 35.5 Å². The fraction of sp³-hybridized carbons (Fsp3) is 0.250. The SMILES string of the molecule is CC(OC(C)c1c(F)cccc1F)c1c(F)cccc1F. The van der Waals surface area contributed by atoms with Crippen molar-refractivity contribution in [1.29, 1.82) is 0 Å². The molecule has 2 atom stereocenters. The molecule has 0 heterocycles. The second-order valence-corrected chi connectivity index (χ2v) is 4.69. The van der Waals surface area contributed by atoms with E-state index >= 15 is 0 Å². The van der Waals surface area contributed by atoms with E-state index in [2.05, 4.69) is 0 Å². The smallest absolute Gasteiger partial charge is 0.131 e. The van der Waals surface area contributed by atoms with E-state index in [-0.39, 0.29) is 11.1 Å². The van der Waals surface area contributed by atoms with Crippen molar-refractivity contribution in [2.75, 3.05) is 0 Å². The molecule has 2 rings (SSSR count). The summed E-state index contributed by atoms with van der Waals surface area (Å²) in [6.45, 7) is 2.85. The van der Waals surface area contributed by atoms with E-state index in [1.807, 2.05) is 0 Å². The zero-order valence-electron chi connectivity index (χ0n) is 11.5. The Labute approximate surface area is 120 Å². The first-order valence-corrected chi connectivity index (χ1v) is 6.45. The molecule has 0 N–H and O–H groups in total. The molecule has 0 aliphatic rings. The summed E-state index contributed by atoms with van der Waals surface area (Å²) >= 11 is 0. The van der Waals surface area contributed by atoms with Gasteiger partial charge in [-0.1, -0.05) is 12.1 Å². The highest BCUT2D eigenvalue weighted by atomic mass is 19.1. The Bertz CT molecular complexity index is 546. The van der Waals surface area contributed by atoms with Crippen LogP contribution in [0.4, 0.5) is 17.6 Å². The van der Waals surface area contributed by atoms with Crippen molar-refractivity contribution in [2.24, 2.45) is 0 Å². The fourth-order valence-electron chi connectivity index (χ4n) is 2.24. The van der Waals surface area contributed by atoms with Gasteiger partial charge in [-0.05, 0) is 38.1 Å². The molecule has 2 unspecified atom stereocenters.